The molecule has 0 saturated carbocycles. The molecule has 0 fully saturated rings. The van der Waals surface area contributed by atoms with E-state index in [9.17, 15) is 4.79 Å². The highest BCUT2D eigenvalue weighted by Gasteiger charge is 2.14. The van der Waals surface area contributed by atoms with Crippen LogP contribution in [-0.4, -0.2) is 16.4 Å². The molecule has 2 rings (SSSR count). The van der Waals surface area contributed by atoms with Crippen LogP contribution < -0.4 is 10.9 Å². The Kier molecular flexibility index (Phi) is 5.12. The summed E-state index contributed by atoms with van der Waals surface area (Å²) in [7, 11) is 0. The first kappa shape index (κ1) is 15.7. The molecule has 1 amide bonds. The second kappa shape index (κ2) is 6.85. The van der Waals surface area contributed by atoms with Crippen LogP contribution in [0.15, 0.2) is 30.3 Å². The molecule has 1 aromatic heterocycles. The molecule has 0 unspecified atom stereocenters. The molecule has 2 aromatic rings. The Morgan fingerprint density at radius 2 is 2.05 bits per heavy atom. The van der Waals surface area contributed by atoms with E-state index in [-0.39, 0.29) is 5.91 Å². The molecule has 0 aliphatic heterocycles. The van der Waals surface area contributed by atoms with Crippen LogP contribution in [-0.2, 0) is 0 Å². The lowest BCUT2D eigenvalue weighted by Gasteiger charge is -2.11. The van der Waals surface area contributed by atoms with Gasteiger partial charge in [0, 0.05) is 10.7 Å². The van der Waals surface area contributed by atoms with E-state index in [1.54, 1.807) is 24.3 Å². The molecular weight excluding hydrogens is 329 g/mol. The van der Waals surface area contributed by atoms with E-state index in [1.807, 2.05) is 13.0 Å². The van der Waals surface area contributed by atoms with Gasteiger partial charge >= 0.3 is 0 Å². The van der Waals surface area contributed by atoms with Crippen molar-refractivity contribution in [1.29, 1.82) is 0 Å². The maximum atomic E-state index is 12.2. The highest BCUT2D eigenvalue weighted by molar-refractivity contribution is 7.78. The van der Waals surface area contributed by atoms with Crippen molar-refractivity contribution in [3.05, 3.63) is 51.8 Å². The van der Waals surface area contributed by atoms with Crippen molar-refractivity contribution < 1.29 is 4.79 Å². The zero-order valence-electron chi connectivity index (χ0n) is 11.0. The molecule has 0 atom stereocenters. The summed E-state index contributed by atoms with van der Waals surface area (Å²) in [6.07, 6.45) is 0. The fraction of sp³-hybridized carbons (Fsp3) is 0.0714. The molecule has 21 heavy (non-hydrogen) atoms. The summed E-state index contributed by atoms with van der Waals surface area (Å²) in [5.74, 6) is -0.348. The first-order valence-corrected chi connectivity index (χ1v) is 7.17. The van der Waals surface area contributed by atoms with Crippen LogP contribution in [0.4, 0.5) is 0 Å². The van der Waals surface area contributed by atoms with Crippen molar-refractivity contribution in [2.45, 2.75) is 6.92 Å². The van der Waals surface area contributed by atoms with Crippen LogP contribution in [0.2, 0.25) is 10.2 Å². The van der Waals surface area contributed by atoms with Gasteiger partial charge in [-0.05, 0) is 42.3 Å². The van der Waals surface area contributed by atoms with Gasteiger partial charge in [0.1, 0.15) is 5.15 Å². The minimum Gasteiger partial charge on any atom is -0.295 e. The molecule has 0 aliphatic rings. The molecular formula is C14H11Cl2N3OS. The second-order valence-electron chi connectivity index (χ2n) is 4.23. The Hall–Kier alpha value is -1.69. The highest BCUT2D eigenvalue weighted by atomic mass is 35.5. The average molecular weight is 340 g/mol. The number of carbonyl (C=O) groups excluding carboxylic acids is 1. The summed E-state index contributed by atoms with van der Waals surface area (Å²) in [5.41, 5.74) is 8.80. The van der Waals surface area contributed by atoms with Gasteiger partial charge in [-0.3, -0.25) is 15.6 Å². The number of rotatable bonds is 4. The Balaban J connectivity index is 2.52. The lowest BCUT2D eigenvalue weighted by molar-refractivity contribution is 0.0945. The number of aryl methyl sites for hydroxylation is 1. The smallest absolute Gasteiger partial charge is 0.270 e. The minimum absolute atomic E-state index is 0.348. The third-order valence-corrected chi connectivity index (χ3v) is 3.25. The van der Waals surface area contributed by atoms with Gasteiger partial charge in [-0.1, -0.05) is 41.5 Å². The molecule has 4 nitrogen and oxygen atoms in total. The Bertz CT molecular complexity index is 686. The quantitative estimate of drug-likeness (QED) is 0.508. The second-order valence-corrected chi connectivity index (χ2v) is 5.29. The summed E-state index contributed by atoms with van der Waals surface area (Å²) >= 11 is 16.6. The van der Waals surface area contributed by atoms with Gasteiger partial charge in [0.25, 0.3) is 5.91 Å². The van der Waals surface area contributed by atoms with E-state index in [2.05, 4.69) is 28.1 Å². The number of nitrogens with zero attached hydrogens (tertiary/aromatic N) is 1. The number of hydrogen-bond acceptors (Lipinski definition) is 3. The SMILES string of the molecule is Cc1cc(-c2ccc(Cl)cc2C(=O)NNC=S)cc(Cl)n1. The van der Waals surface area contributed by atoms with Crippen molar-refractivity contribution in [2.75, 3.05) is 0 Å². The number of nitrogens with one attached hydrogen (secondary N) is 2. The van der Waals surface area contributed by atoms with E-state index >= 15 is 0 Å². The van der Waals surface area contributed by atoms with Crippen molar-refractivity contribution in [2.24, 2.45) is 0 Å². The molecule has 0 spiro atoms. The number of pyridine rings is 1. The summed E-state index contributed by atoms with van der Waals surface area (Å²) < 4.78 is 0. The number of thiocarbonyl (C=S) groups is 1. The number of carbonyl (C=O) groups is 1. The molecule has 7 heteroatoms. The Labute approximate surface area is 137 Å². The maximum absolute atomic E-state index is 12.2. The summed E-state index contributed by atoms with van der Waals surface area (Å²) in [6.45, 7) is 1.83. The standard InChI is InChI=1S/C14H11Cl2N3OS/c1-8-4-9(5-13(16)18-8)11-3-2-10(15)6-12(11)14(20)19-17-7-21/h2-7H,1H3,(H,17,21)(H,19,20). The van der Waals surface area contributed by atoms with E-state index in [4.69, 9.17) is 23.2 Å². The van der Waals surface area contributed by atoms with Crippen LogP contribution in [0, 0.1) is 6.92 Å². The Morgan fingerprint density at radius 1 is 1.29 bits per heavy atom. The van der Waals surface area contributed by atoms with Crippen molar-refractivity contribution in [3.8, 4) is 11.1 Å². The van der Waals surface area contributed by atoms with E-state index < -0.39 is 0 Å². The minimum atomic E-state index is -0.348. The van der Waals surface area contributed by atoms with Gasteiger partial charge in [0.15, 0.2) is 0 Å². The normalized spacial score (nSPS) is 10.0. The molecule has 1 heterocycles. The molecule has 0 saturated heterocycles. The van der Waals surface area contributed by atoms with Gasteiger partial charge < -0.3 is 0 Å². The predicted molar refractivity (Wildman–Crippen MR) is 88.7 cm³/mol. The van der Waals surface area contributed by atoms with Gasteiger partial charge in [0.2, 0.25) is 0 Å². The van der Waals surface area contributed by atoms with Gasteiger partial charge in [-0.25, -0.2) is 4.98 Å². The zero-order valence-corrected chi connectivity index (χ0v) is 13.3. The summed E-state index contributed by atoms with van der Waals surface area (Å²) in [6, 6.07) is 8.60. The number of hydrogen-bond donors (Lipinski definition) is 2. The average Bonchev–Trinajstić information content (AvgIpc) is 2.43. The number of aromatic nitrogens is 1. The Morgan fingerprint density at radius 3 is 2.71 bits per heavy atom. The third-order valence-electron chi connectivity index (χ3n) is 2.70. The lowest BCUT2D eigenvalue weighted by Crippen LogP contribution is -2.36. The topological polar surface area (TPSA) is 54.0 Å². The number of benzene rings is 1. The molecule has 0 radical (unpaired) electrons. The molecule has 0 aliphatic carbocycles. The van der Waals surface area contributed by atoms with Crippen LogP contribution in [0.3, 0.4) is 0 Å². The van der Waals surface area contributed by atoms with Crippen molar-refractivity contribution in [3.63, 3.8) is 0 Å². The molecule has 1 aromatic carbocycles. The maximum Gasteiger partial charge on any atom is 0.270 e. The van der Waals surface area contributed by atoms with Crippen molar-refractivity contribution >= 4 is 46.8 Å². The van der Waals surface area contributed by atoms with Crippen molar-refractivity contribution in [1.82, 2.24) is 15.8 Å². The van der Waals surface area contributed by atoms with E-state index in [1.165, 1.54) is 5.49 Å². The monoisotopic (exact) mass is 339 g/mol. The highest BCUT2D eigenvalue weighted by Crippen LogP contribution is 2.28. The van der Waals surface area contributed by atoms with Gasteiger partial charge in [-0.2, -0.15) is 0 Å². The molecule has 108 valence electrons. The fourth-order valence-electron chi connectivity index (χ4n) is 1.90. The lowest BCUT2D eigenvalue weighted by atomic mass is 9.99. The fourth-order valence-corrected chi connectivity index (χ4v) is 2.38. The van der Waals surface area contributed by atoms with Crippen LogP contribution in [0.5, 0.6) is 0 Å². The van der Waals surface area contributed by atoms with Crippen LogP contribution in [0.1, 0.15) is 16.1 Å². The van der Waals surface area contributed by atoms with Crippen LogP contribution in [0.25, 0.3) is 11.1 Å². The van der Waals surface area contributed by atoms with Gasteiger partial charge in [-0.15, -0.1) is 0 Å². The van der Waals surface area contributed by atoms with Crippen LogP contribution >= 0.6 is 35.4 Å². The van der Waals surface area contributed by atoms with E-state index in [0.717, 1.165) is 11.3 Å². The largest absolute Gasteiger partial charge is 0.295 e. The molecule has 0 bridgehead atoms. The van der Waals surface area contributed by atoms with Gasteiger partial charge in [0.05, 0.1) is 11.1 Å². The van der Waals surface area contributed by atoms with E-state index in [0.29, 0.717) is 21.3 Å². The first-order valence-electron chi connectivity index (χ1n) is 5.95. The third kappa shape index (κ3) is 3.91. The summed E-state index contributed by atoms with van der Waals surface area (Å²) in [5, 5.41) is 0.825. The summed E-state index contributed by atoms with van der Waals surface area (Å²) in [4.78, 5) is 16.3. The number of amides is 1. The molecule has 2 N–H and O–H groups in total. The zero-order chi connectivity index (χ0) is 15.4. The first-order chi connectivity index (χ1) is 10.0. The number of hydrazine groups is 1. The number of halogens is 2. The predicted octanol–water partition coefficient (Wildman–Crippen LogP) is 3.56.